The summed E-state index contributed by atoms with van der Waals surface area (Å²) in [6, 6.07) is 5.84. The number of benzene rings is 2. The van der Waals surface area contributed by atoms with Crippen LogP contribution in [0.25, 0.3) is 11.0 Å². The third-order valence-corrected chi connectivity index (χ3v) is 6.41. The molecule has 0 spiro atoms. The van der Waals surface area contributed by atoms with Crippen molar-refractivity contribution in [2.45, 2.75) is 45.6 Å². The summed E-state index contributed by atoms with van der Waals surface area (Å²) >= 11 is 11.9. The maximum atomic E-state index is 14.3. The zero-order valence-corrected chi connectivity index (χ0v) is 18.7. The first-order valence-corrected chi connectivity index (χ1v) is 10.8. The molecule has 0 bridgehead atoms. The van der Waals surface area contributed by atoms with Crippen molar-refractivity contribution in [3.63, 3.8) is 0 Å². The van der Waals surface area contributed by atoms with Gasteiger partial charge in [0.2, 0.25) is 5.95 Å². The molecule has 0 aliphatic heterocycles. The van der Waals surface area contributed by atoms with Crippen molar-refractivity contribution in [1.29, 1.82) is 0 Å². The minimum Gasteiger partial charge on any atom is -0.507 e. The molecule has 4 N–H and O–H groups in total. The predicted octanol–water partition coefficient (Wildman–Crippen LogP) is 6.16. The number of hydrogen-bond donors (Lipinski definition) is 4. The summed E-state index contributed by atoms with van der Waals surface area (Å²) in [4.78, 5) is 20.0. The van der Waals surface area contributed by atoms with E-state index in [1.807, 2.05) is 0 Å². The van der Waals surface area contributed by atoms with E-state index in [0.717, 1.165) is 25.7 Å². The fraction of sp³-hybridized carbons (Fsp3) is 0.364. The Bertz CT molecular complexity index is 1150. The molecule has 164 valence electrons. The highest BCUT2D eigenvalue weighted by Crippen LogP contribution is 2.36. The number of aromatic nitrogens is 2. The summed E-state index contributed by atoms with van der Waals surface area (Å²) in [6.45, 7) is 4.47. The molecule has 0 saturated heterocycles. The smallest absolute Gasteiger partial charge is 0.255 e. The quantitative estimate of drug-likeness (QED) is 0.348. The van der Waals surface area contributed by atoms with Gasteiger partial charge < -0.3 is 20.7 Å². The zero-order chi connectivity index (χ0) is 22.3. The van der Waals surface area contributed by atoms with Crippen molar-refractivity contribution in [2.24, 2.45) is 5.41 Å². The number of phenolic OH excluding ortho intramolecular Hbond substituents is 1. The average molecular weight is 465 g/mol. The van der Waals surface area contributed by atoms with E-state index in [1.54, 1.807) is 0 Å². The third-order valence-electron chi connectivity index (χ3n) is 5.81. The number of phenols is 1. The lowest BCUT2D eigenvalue weighted by molar-refractivity contribution is 0.0906. The number of carbonyl (C=O) groups is 1. The van der Waals surface area contributed by atoms with E-state index in [2.05, 4.69) is 34.4 Å². The molecule has 9 heteroatoms. The fourth-order valence-corrected chi connectivity index (χ4v) is 4.20. The van der Waals surface area contributed by atoms with Gasteiger partial charge in [-0.15, -0.1) is 0 Å². The highest BCUT2D eigenvalue weighted by molar-refractivity contribution is 6.35. The number of nitrogens with zero attached hydrogens (tertiary/aromatic N) is 1. The maximum absolute atomic E-state index is 14.3. The molecule has 0 atom stereocenters. The lowest BCUT2D eigenvalue weighted by Crippen LogP contribution is -2.39. The van der Waals surface area contributed by atoms with E-state index < -0.39 is 5.82 Å². The van der Waals surface area contributed by atoms with E-state index in [4.69, 9.17) is 23.2 Å². The molecule has 4 rings (SSSR count). The van der Waals surface area contributed by atoms with Crippen LogP contribution >= 0.6 is 23.2 Å². The van der Waals surface area contributed by atoms with Gasteiger partial charge in [0.1, 0.15) is 5.75 Å². The van der Waals surface area contributed by atoms with Crippen LogP contribution < -0.4 is 10.6 Å². The molecule has 0 radical (unpaired) electrons. The van der Waals surface area contributed by atoms with Crippen LogP contribution in [-0.4, -0.2) is 27.0 Å². The van der Waals surface area contributed by atoms with Gasteiger partial charge in [-0.05, 0) is 49.3 Å². The van der Waals surface area contributed by atoms with Crippen LogP contribution in [0.15, 0.2) is 24.3 Å². The minimum atomic E-state index is -0.701. The predicted molar refractivity (Wildman–Crippen MR) is 121 cm³/mol. The molecule has 31 heavy (non-hydrogen) atoms. The van der Waals surface area contributed by atoms with Gasteiger partial charge in [-0.1, -0.05) is 37.0 Å². The normalized spacial score (nSPS) is 16.4. The van der Waals surface area contributed by atoms with E-state index in [9.17, 15) is 14.3 Å². The number of aromatic hydroxyl groups is 1. The molecule has 1 heterocycles. The number of carbonyl (C=O) groups excluding carboxylic acids is 1. The molecular formula is C22H23Cl2FN4O2. The summed E-state index contributed by atoms with van der Waals surface area (Å²) in [5, 5.41) is 16.2. The van der Waals surface area contributed by atoms with E-state index in [0.29, 0.717) is 16.4 Å². The second-order valence-corrected chi connectivity index (χ2v) is 9.54. The number of amides is 1. The number of nitrogens with one attached hydrogen (secondary N) is 3. The SMILES string of the molecule is CC1(C)CCC(NC(=O)c2cc3[nH]c(Nc4c(Cl)ccc(Cl)c4F)nc3cc2O)CC1. The first-order chi connectivity index (χ1) is 14.6. The molecule has 1 aromatic heterocycles. The van der Waals surface area contributed by atoms with Gasteiger partial charge in [-0.2, -0.15) is 0 Å². The van der Waals surface area contributed by atoms with Gasteiger partial charge in [0.25, 0.3) is 5.91 Å². The number of halogens is 3. The van der Waals surface area contributed by atoms with Crippen LogP contribution in [0, 0.1) is 11.2 Å². The van der Waals surface area contributed by atoms with E-state index >= 15 is 0 Å². The monoisotopic (exact) mass is 464 g/mol. The number of fused-ring (bicyclic) bond motifs is 1. The Labute approximate surface area is 189 Å². The first kappa shape index (κ1) is 21.7. The van der Waals surface area contributed by atoms with Crippen molar-refractivity contribution < 1.29 is 14.3 Å². The topological polar surface area (TPSA) is 90.0 Å². The Morgan fingerprint density at radius 1 is 1.23 bits per heavy atom. The molecule has 1 aliphatic rings. The van der Waals surface area contributed by atoms with E-state index in [-0.39, 0.29) is 44.9 Å². The summed E-state index contributed by atoms with van der Waals surface area (Å²) in [5.74, 6) is -1.01. The van der Waals surface area contributed by atoms with Crippen molar-refractivity contribution in [2.75, 3.05) is 5.32 Å². The van der Waals surface area contributed by atoms with Crippen molar-refractivity contribution in [1.82, 2.24) is 15.3 Å². The number of imidazole rings is 1. The second kappa shape index (κ2) is 8.20. The lowest BCUT2D eigenvalue weighted by atomic mass is 9.75. The average Bonchev–Trinajstić information content (AvgIpc) is 3.10. The third kappa shape index (κ3) is 4.57. The van der Waals surface area contributed by atoms with Gasteiger partial charge in [0.15, 0.2) is 5.82 Å². The first-order valence-electron chi connectivity index (χ1n) is 10.1. The summed E-state index contributed by atoms with van der Waals surface area (Å²) in [7, 11) is 0. The Morgan fingerprint density at radius 2 is 1.90 bits per heavy atom. The second-order valence-electron chi connectivity index (χ2n) is 8.73. The van der Waals surface area contributed by atoms with Gasteiger partial charge in [0.05, 0.1) is 32.3 Å². The highest BCUT2D eigenvalue weighted by atomic mass is 35.5. The van der Waals surface area contributed by atoms with Crippen LogP contribution in [-0.2, 0) is 0 Å². The molecule has 1 saturated carbocycles. The standard InChI is InChI=1S/C22H23Cl2FN4O2/c1-22(2)7-5-11(6-8-22)26-20(31)12-9-15-16(10-17(12)30)28-21(27-15)29-19-14(24)4-3-13(23)18(19)25/h3-4,9-11,30H,5-8H2,1-2H3,(H,26,31)(H2,27,28,29). The van der Waals surface area contributed by atoms with Crippen molar-refractivity contribution >= 4 is 51.8 Å². The molecule has 2 aromatic carbocycles. The molecule has 6 nitrogen and oxygen atoms in total. The largest absolute Gasteiger partial charge is 0.507 e. The molecule has 0 unspecified atom stereocenters. The molecule has 1 amide bonds. The zero-order valence-electron chi connectivity index (χ0n) is 17.2. The molecule has 1 fully saturated rings. The highest BCUT2D eigenvalue weighted by Gasteiger charge is 2.28. The van der Waals surface area contributed by atoms with E-state index in [1.165, 1.54) is 24.3 Å². The number of aromatic amines is 1. The number of rotatable bonds is 4. The van der Waals surface area contributed by atoms with Crippen LogP contribution in [0.4, 0.5) is 16.0 Å². The Morgan fingerprint density at radius 3 is 2.61 bits per heavy atom. The molecule has 1 aliphatic carbocycles. The van der Waals surface area contributed by atoms with Crippen LogP contribution in [0.1, 0.15) is 49.9 Å². The number of hydrogen-bond acceptors (Lipinski definition) is 4. The summed E-state index contributed by atoms with van der Waals surface area (Å²) in [5.41, 5.74) is 1.35. The van der Waals surface area contributed by atoms with Crippen LogP contribution in [0.3, 0.4) is 0 Å². The van der Waals surface area contributed by atoms with Gasteiger partial charge in [0, 0.05) is 12.1 Å². The van der Waals surface area contributed by atoms with Gasteiger partial charge in [-0.25, -0.2) is 9.37 Å². The summed E-state index contributed by atoms with van der Waals surface area (Å²) in [6.07, 6.45) is 3.90. The minimum absolute atomic E-state index is 0.0179. The molecular weight excluding hydrogens is 442 g/mol. The summed E-state index contributed by atoms with van der Waals surface area (Å²) < 4.78 is 14.3. The lowest BCUT2D eigenvalue weighted by Gasteiger charge is -2.34. The fourth-order valence-electron chi connectivity index (χ4n) is 3.85. The van der Waals surface area contributed by atoms with Gasteiger partial charge >= 0.3 is 0 Å². The van der Waals surface area contributed by atoms with Crippen molar-refractivity contribution in [3.05, 3.63) is 45.7 Å². The number of anilines is 2. The Balaban J connectivity index is 1.55. The Hall–Kier alpha value is -2.51. The van der Waals surface area contributed by atoms with Crippen LogP contribution in [0.5, 0.6) is 5.75 Å². The molecule has 3 aromatic rings. The number of H-pyrrole nitrogens is 1. The van der Waals surface area contributed by atoms with Crippen molar-refractivity contribution in [3.8, 4) is 5.75 Å². The maximum Gasteiger partial charge on any atom is 0.255 e. The van der Waals surface area contributed by atoms with Gasteiger partial charge in [-0.3, -0.25) is 4.79 Å². The Kier molecular flexibility index (Phi) is 5.75. The van der Waals surface area contributed by atoms with Crippen LogP contribution in [0.2, 0.25) is 10.0 Å².